The van der Waals surface area contributed by atoms with Gasteiger partial charge in [0.05, 0.1) is 5.69 Å². The molecule has 0 amide bonds. The minimum atomic E-state index is -1.55. The van der Waals surface area contributed by atoms with Gasteiger partial charge in [-0.3, -0.25) is 9.80 Å². The van der Waals surface area contributed by atoms with Crippen molar-refractivity contribution >= 4 is 24.2 Å². The zero-order valence-electron chi connectivity index (χ0n) is 24.9. The molecule has 2 aliphatic carbocycles. The summed E-state index contributed by atoms with van der Waals surface area (Å²) < 4.78 is 6.02. The van der Waals surface area contributed by atoms with E-state index in [-0.39, 0.29) is 17.4 Å². The van der Waals surface area contributed by atoms with Crippen LogP contribution in [0.4, 0.5) is 5.69 Å². The van der Waals surface area contributed by atoms with E-state index in [2.05, 4.69) is 16.8 Å². The number of fused-ring (bicyclic) bond motifs is 1. The maximum atomic E-state index is 13.5. The van der Waals surface area contributed by atoms with Gasteiger partial charge >= 0.3 is 5.97 Å². The number of benzene rings is 2. The first-order valence-electron chi connectivity index (χ1n) is 16.0. The van der Waals surface area contributed by atoms with Gasteiger partial charge in [-0.05, 0) is 112 Å². The number of nitrogens with zero attached hydrogens (tertiary/aromatic N) is 3. The second-order valence-electron chi connectivity index (χ2n) is 13.2. The van der Waals surface area contributed by atoms with E-state index in [1.807, 2.05) is 54.7 Å². The first kappa shape index (κ1) is 29.1. The lowest BCUT2D eigenvalue weighted by Gasteiger charge is -2.52. The number of aldehydes is 1. The Morgan fingerprint density at radius 2 is 1.83 bits per heavy atom. The molecular formula is C35H45N3O4. The predicted octanol–water partition coefficient (Wildman–Crippen LogP) is 6.05. The van der Waals surface area contributed by atoms with Gasteiger partial charge in [0.15, 0.2) is 5.60 Å². The van der Waals surface area contributed by atoms with Crippen LogP contribution >= 0.6 is 0 Å². The Morgan fingerprint density at radius 1 is 1.10 bits per heavy atom. The van der Waals surface area contributed by atoms with Gasteiger partial charge in [0, 0.05) is 24.2 Å². The highest BCUT2D eigenvalue weighted by Gasteiger charge is 2.52. The van der Waals surface area contributed by atoms with E-state index >= 15 is 0 Å². The molecule has 6 rings (SSSR count). The van der Waals surface area contributed by atoms with Gasteiger partial charge in [0.25, 0.3) is 0 Å². The van der Waals surface area contributed by atoms with Crippen LogP contribution in [-0.2, 0) is 15.1 Å². The van der Waals surface area contributed by atoms with Crippen molar-refractivity contribution in [2.75, 3.05) is 31.2 Å². The van der Waals surface area contributed by atoms with Crippen LogP contribution in [0.25, 0.3) is 0 Å². The average Bonchev–Trinajstić information content (AvgIpc) is 3.51. The van der Waals surface area contributed by atoms with Gasteiger partial charge in [-0.25, -0.2) is 4.79 Å². The van der Waals surface area contributed by atoms with Crippen LogP contribution in [0.15, 0.2) is 53.6 Å². The number of piperidine rings is 1. The molecule has 2 unspecified atom stereocenters. The second kappa shape index (κ2) is 12.3. The van der Waals surface area contributed by atoms with Gasteiger partial charge < -0.3 is 14.7 Å². The molecule has 7 nitrogen and oxygen atoms in total. The number of hydrogen-bond acceptors (Lipinski definition) is 7. The Bertz CT molecular complexity index is 1270. The lowest BCUT2D eigenvalue weighted by molar-refractivity contribution is -0.192. The van der Waals surface area contributed by atoms with Crippen LogP contribution < -0.4 is 5.01 Å². The number of ether oxygens (including phenoxy) is 1. The molecule has 7 heteroatoms. The van der Waals surface area contributed by atoms with Crippen LogP contribution in [0, 0.1) is 11.3 Å². The number of hydrazone groups is 1. The molecule has 3 fully saturated rings. The molecule has 42 heavy (non-hydrogen) atoms. The van der Waals surface area contributed by atoms with E-state index in [1.165, 1.54) is 5.56 Å². The number of hydrogen-bond donors (Lipinski definition) is 1. The summed E-state index contributed by atoms with van der Waals surface area (Å²) in [6, 6.07) is 15.4. The summed E-state index contributed by atoms with van der Waals surface area (Å²) in [5.41, 5.74) is 2.41. The monoisotopic (exact) mass is 571 g/mol. The van der Waals surface area contributed by atoms with E-state index in [9.17, 15) is 14.7 Å². The Kier molecular flexibility index (Phi) is 8.51. The third-order valence-corrected chi connectivity index (χ3v) is 10.5. The smallest absolute Gasteiger partial charge is 0.343 e. The molecule has 2 aromatic rings. The van der Waals surface area contributed by atoms with Gasteiger partial charge in [-0.15, -0.1) is 0 Å². The molecule has 2 aliphatic heterocycles. The highest BCUT2D eigenvalue weighted by Crippen LogP contribution is 2.51. The molecule has 1 N–H and O–H groups in total. The zero-order chi connectivity index (χ0) is 29.2. The van der Waals surface area contributed by atoms with Crippen LogP contribution in [-0.4, -0.2) is 60.8 Å². The molecule has 2 atom stereocenters. The largest absolute Gasteiger partial charge is 0.460 e. The average molecular weight is 572 g/mol. The van der Waals surface area contributed by atoms with Crippen molar-refractivity contribution in [1.29, 1.82) is 0 Å². The number of rotatable bonds is 9. The minimum absolute atomic E-state index is 0.0737. The molecular weight excluding hydrogens is 526 g/mol. The fourth-order valence-corrected chi connectivity index (χ4v) is 7.84. The van der Waals surface area contributed by atoms with Crippen LogP contribution in [0.3, 0.4) is 0 Å². The summed E-state index contributed by atoms with van der Waals surface area (Å²) in [7, 11) is 0. The van der Waals surface area contributed by atoms with E-state index in [0.717, 1.165) is 108 Å². The summed E-state index contributed by atoms with van der Waals surface area (Å²) >= 11 is 0. The van der Waals surface area contributed by atoms with Gasteiger partial charge in [-0.1, -0.05) is 50.1 Å². The molecule has 1 saturated heterocycles. The van der Waals surface area contributed by atoms with E-state index in [4.69, 9.17) is 9.84 Å². The summed E-state index contributed by atoms with van der Waals surface area (Å²) in [6.45, 7) is 6.20. The lowest BCUT2D eigenvalue weighted by atomic mass is 9.61. The van der Waals surface area contributed by atoms with Crippen LogP contribution in [0.2, 0.25) is 0 Å². The Morgan fingerprint density at radius 3 is 2.55 bits per heavy atom. The molecule has 0 aromatic heterocycles. The highest BCUT2D eigenvalue weighted by atomic mass is 16.6. The normalized spacial score (nSPS) is 24.0. The van der Waals surface area contributed by atoms with Gasteiger partial charge in [0.2, 0.25) is 0 Å². The minimum Gasteiger partial charge on any atom is -0.460 e. The molecule has 2 saturated carbocycles. The van der Waals surface area contributed by atoms with Crippen molar-refractivity contribution < 1.29 is 19.4 Å². The van der Waals surface area contributed by atoms with Crippen LogP contribution in [0.1, 0.15) is 98.5 Å². The molecule has 0 radical (unpaired) electrons. The SMILES string of the molecule is CC1CC=NN(CCCN2CCC3(CC2)CC(OC(=O)C(O)(c2ccccc2)C2CCCC2)C3)c2ccc(C=O)cc21. The maximum absolute atomic E-state index is 13.5. The van der Waals surface area contributed by atoms with E-state index < -0.39 is 11.6 Å². The van der Waals surface area contributed by atoms with Crippen molar-refractivity contribution in [3.63, 3.8) is 0 Å². The maximum Gasteiger partial charge on any atom is 0.343 e. The predicted molar refractivity (Wildman–Crippen MR) is 165 cm³/mol. The van der Waals surface area contributed by atoms with E-state index in [0.29, 0.717) is 11.5 Å². The highest BCUT2D eigenvalue weighted by molar-refractivity contribution is 5.82. The number of anilines is 1. The van der Waals surface area contributed by atoms with Crippen molar-refractivity contribution in [1.82, 2.24) is 4.90 Å². The van der Waals surface area contributed by atoms with Crippen molar-refractivity contribution in [3.05, 3.63) is 65.2 Å². The fourth-order valence-electron chi connectivity index (χ4n) is 7.84. The van der Waals surface area contributed by atoms with Crippen molar-refractivity contribution in [3.8, 4) is 0 Å². The molecule has 4 aliphatic rings. The standard InChI is InChI=1S/C35H45N3O4/c1-26-14-17-36-38(32-13-12-27(25-39)22-31(26)32)19-7-18-37-20-15-34(16-21-37)23-30(24-34)42-33(40)35(41,29-10-5-6-11-29)28-8-3-2-4-9-28/h2-4,8-9,12-13,17,22,25-26,29-30,41H,5-7,10-11,14-16,18-21,23-24H2,1H3. The van der Waals surface area contributed by atoms with Crippen molar-refractivity contribution in [2.24, 2.45) is 16.4 Å². The first-order chi connectivity index (χ1) is 20.4. The summed E-state index contributed by atoms with van der Waals surface area (Å²) in [5, 5.41) is 18.6. The first-order valence-corrected chi connectivity index (χ1v) is 16.0. The van der Waals surface area contributed by atoms with Crippen molar-refractivity contribution in [2.45, 2.75) is 88.8 Å². The molecule has 2 aromatic carbocycles. The number of carbonyl (C=O) groups excluding carboxylic acids is 2. The third kappa shape index (κ3) is 5.78. The Balaban J connectivity index is 0.977. The summed E-state index contributed by atoms with van der Waals surface area (Å²) in [4.78, 5) is 27.3. The number of likely N-dealkylation sites (tertiary alicyclic amines) is 1. The molecule has 224 valence electrons. The number of esters is 1. The Labute approximate surface area is 249 Å². The lowest BCUT2D eigenvalue weighted by Crippen LogP contribution is -2.53. The van der Waals surface area contributed by atoms with Gasteiger partial charge in [0.1, 0.15) is 12.4 Å². The molecule has 2 heterocycles. The zero-order valence-corrected chi connectivity index (χ0v) is 24.9. The Hall–Kier alpha value is -3.03. The second-order valence-corrected chi connectivity index (χ2v) is 13.2. The number of aliphatic hydroxyl groups is 1. The van der Waals surface area contributed by atoms with Gasteiger partial charge in [-0.2, -0.15) is 5.10 Å². The molecule has 0 bridgehead atoms. The fraction of sp³-hybridized carbons (Fsp3) is 0.571. The topological polar surface area (TPSA) is 82.4 Å². The number of carbonyl (C=O) groups is 2. The quantitative estimate of drug-likeness (QED) is 0.291. The van der Waals surface area contributed by atoms with Crippen LogP contribution in [0.5, 0.6) is 0 Å². The summed E-state index contributed by atoms with van der Waals surface area (Å²) in [6.07, 6.45) is 12.6. The summed E-state index contributed by atoms with van der Waals surface area (Å²) in [5.74, 6) is -0.185. The third-order valence-electron chi connectivity index (χ3n) is 10.5. The van der Waals surface area contributed by atoms with E-state index in [1.54, 1.807) is 0 Å². The molecule has 1 spiro atoms.